The van der Waals surface area contributed by atoms with E-state index >= 15 is 0 Å². The number of ether oxygens (including phenoxy) is 1. The highest BCUT2D eigenvalue weighted by Gasteiger charge is 2.18. The predicted molar refractivity (Wildman–Crippen MR) is 84.4 cm³/mol. The Balaban J connectivity index is 2.55. The topological polar surface area (TPSA) is 123 Å². The average molecular weight is 321 g/mol. The van der Waals surface area contributed by atoms with Gasteiger partial charge in [0, 0.05) is 0 Å². The fourth-order valence-electron chi connectivity index (χ4n) is 1.78. The maximum atomic E-state index is 11.3. The Hall–Kier alpha value is -2.80. The van der Waals surface area contributed by atoms with Crippen molar-refractivity contribution in [2.24, 2.45) is 10.2 Å². The van der Waals surface area contributed by atoms with Crippen LogP contribution in [-0.2, 0) is 0 Å². The summed E-state index contributed by atoms with van der Waals surface area (Å²) in [6, 6.07) is 8.07. The molecule has 8 heteroatoms. The molecule has 2 rings (SSSR count). The molecule has 0 saturated heterocycles. The summed E-state index contributed by atoms with van der Waals surface area (Å²) in [4.78, 5) is 11.3. The lowest BCUT2D eigenvalue weighted by Crippen LogP contribution is -2.02. The largest absolute Gasteiger partial charge is 0.494 e. The number of aromatic carboxylic acids is 1. The molecule has 2 aromatic rings. The minimum Gasteiger partial charge on any atom is -0.494 e. The third-order valence-electron chi connectivity index (χ3n) is 2.87. The monoisotopic (exact) mass is 320 g/mol. The first-order valence-electron chi connectivity index (χ1n) is 6.11. The van der Waals surface area contributed by atoms with Gasteiger partial charge in [0.2, 0.25) is 0 Å². The van der Waals surface area contributed by atoms with Crippen molar-refractivity contribution in [1.29, 1.82) is 0 Å². The van der Waals surface area contributed by atoms with E-state index in [0.717, 1.165) is 0 Å². The molecule has 22 heavy (non-hydrogen) atoms. The smallest absolute Gasteiger partial charge is 0.338 e. The Morgan fingerprint density at radius 1 is 1.27 bits per heavy atom. The first kappa shape index (κ1) is 15.6. The Morgan fingerprint density at radius 3 is 2.59 bits per heavy atom. The second kappa shape index (κ2) is 6.31. The molecule has 0 saturated carbocycles. The van der Waals surface area contributed by atoms with E-state index in [9.17, 15) is 9.90 Å². The molecule has 0 atom stereocenters. The number of azo groups is 1. The number of carbonyl (C=O) groups is 1. The van der Waals surface area contributed by atoms with Crippen LogP contribution in [0.5, 0.6) is 5.75 Å². The number of benzene rings is 2. The van der Waals surface area contributed by atoms with E-state index in [1.165, 1.54) is 13.2 Å². The van der Waals surface area contributed by atoms with E-state index in [0.29, 0.717) is 11.4 Å². The van der Waals surface area contributed by atoms with Crippen molar-refractivity contribution in [3.63, 3.8) is 0 Å². The number of methoxy groups -OCH3 is 1. The van der Waals surface area contributed by atoms with Gasteiger partial charge < -0.3 is 21.3 Å². The Kier molecular flexibility index (Phi) is 4.47. The number of para-hydroxylation sites is 1. The van der Waals surface area contributed by atoms with E-state index < -0.39 is 5.97 Å². The number of hydrogen-bond donors (Lipinski definition) is 3. The Bertz CT molecular complexity index is 762. The zero-order valence-corrected chi connectivity index (χ0v) is 12.3. The van der Waals surface area contributed by atoms with Gasteiger partial charge in [-0.3, -0.25) is 0 Å². The maximum absolute atomic E-state index is 11.3. The fraction of sp³-hybridized carbons (Fsp3) is 0.0714. The molecule has 0 amide bonds. The number of rotatable bonds is 4. The molecule has 7 nitrogen and oxygen atoms in total. The molecule has 0 aromatic heterocycles. The first-order valence-corrected chi connectivity index (χ1v) is 6.49. The molecule has 0 aliphatic carbocycles. The second-order valence-corrected chi connectivity index (χ2v) is 4.64. The molecule has 0 spiro atoms. The number of nitrogens with two attached hydrogens (primary N) is 2. The molecule has 114 valence electrons. The molecular weight excluding hydrogens is 308 g/mol. The van der Waals surface area contributed by atoms with Gasteiger partial charge in [0.1, 0.15) is 17.1 Å². The Labute approximate surface area is 131 Å². The molecule has 0 aliphatic heterocycles. The van der Waals surface area contributed by atoms with Crippen molar-refractivity contribution in [1.82, 2.24) is 0 Å². The summed E-state index contributed by atoms with van der Waals surface area (Å²) >= 11 is 5.93. The highest BCUT2D eigenvalue weighted by Crippen LogP contribution is 2.39. The van der Waals surface area contributed by atoms with Crippen LogP contribution in [-0.4, -0.2) is 18.2 Å². The van der Waals surface area contributed by atoms with Gasteiger partial charge in [-0.05, 0) is 18.2 Å². The lowest BCUT2D eigenvalue weighted by atomic mass is 10.1. The maximum Gasteiger partial charge on any atom is 0.338 e. The molecule has 5 N–H and O–H groups in total. The summed E-state index contributed by atoms with van der Waals surface area (Å²) in [5.74, 6) is -0.743. The number of anilines is 2. The fourth-order valence-corrected chi connectivity index (χ4v) is 1.92. The van der Waals surface area contributed by atoms with Gasteiger partial charge in [0.25, 0.3) is 0 Å². The van der Waals surface area contributed by atoms with Crippen LogP contribution in [0.25, 0.3) is 0 Å². The zero-order valence-electron chi connectivity index (χ0n) is 11.6. The van der Waals surface area contributed by atoms with Crippen molar-refractivity contribution >= 4 is 40.3 Å². The van der Waals surface area contributed by atoms with Crippen LogP contribution in [0.15, 0.2) is 40.6 Å². The SMILES string of the molecule is COc1ccccc1N=Nc1c(C(=O)O)cc(N)c(Cl)c1N. The minimum atomic E-state index is -1.23. The van der Waals surface area contributed by atoms with Gasteiger partial charge in [-0.15, -0.1) is 10.2 Å². The first-order chi connectivity index (χ1) is 10.5. The highest BCUT2D eigenvalue weighted by atomic mass is 35.5. The molecule has 0 aliphatic rings. The summed E-state index contributed by atoms with van der Waals surface area (Å²) in [7, 11) is 1.49. The summed E-state index contributed by atoms with van der Waals surface area (Å²) in [6.45, 7) is 0. The number of hydrogen-bond acceptors (Lipinski definition) is 6. The average Bonchev–Trinajstić information content (AvgIpc) is 2.51. The normalized spacial score (nSPS) is 10.8. The number of nitrogen functional groups attached to an aromatic ring is 2. The van der Waals surface area contributed by atoms with E-state index in [2.05, 4.69) is 10.2 Å². The summed E-state index contributed by atoms with van der Waals surface area (Å²) in [5, 5.41) is 17.1. The number of nitrogens with zero attached hydrogens (tertiary/aromatic N) is 2. The number of carboxylic acids is 1. The lowest BCUT2D eigenvalue weighted by molar-refractivity contribution is 0.0698. The van der Waals surface area contributed by atoms with Crippen LogP contribution >= 0.6 is 11.6 Å². The van der Waals surface area contributed by atoms with Crippen LogP contribution in [0.1, 0.15) is 10.4 Å². The van der Waals surface area contributed by atoms with E-state index in [1.54, 1.807) is 24.3 Å². The van der Waals surface area contributed by atoms with Crippen LogP contribution in [0, 0.1) is 0 Å². The van der Waals surface area contributed by atoms with Gasteiger partial charge in [-0.2, -0.15) is 0 Å². The van der Waals surface area contributed by atoms with Crippen molar-refractivity contribution in [3.05, 3.63) is 40.9 Å². The van der Waals surface area contributed by atoms with Crippen molar-refractivity contribution in [2.75, 3.05) is 18.6 Å². The van der Waals surface area contributed by atoms with Crippen molar-refractivity contribution in [2.45, 2.75) is 0 Å². The van der Waals surface area contributed by atoms with Crippen molar-refractivity contribution < 1.29 is 14.6 Å². The molecule has 0 unspecified atom stereocenters. The third-order valence-corrected chi connectivity index (χ3v) is 3.30. The zero-order chi connectivity index (χ0) is 16.3. The van der Waals surface area contributed by atoms with Crippen LogP contribution < -0.4 is 16.2 Å². The minimum absolute atomic E-state index is 0.0407. The molecule has 0 bridgehead atoms. The van der Waals surface area contributed by atoms with Crippen LogP contribution in [0.4, 0.5) is 22.7 Å². The highest BCUT2D eigenvalue weighted by molar-refractivity contribution is 6.36. The summed E-state index contributed by atoms with van der Waals surface area (Å²) in [5.41, 5.74) is 11.6. The molecular formula is C14H13ClN4O3. The molecule has 0 radical (unpaired) electrons. The second-order valence-electron chi connectivity index (χ2n) is 4.27. The van der Waals surface area contributed by atoms with Crippen molar-refractivity contribution in [3.8, 4) is 5.75 Å². The molecule has 0 heterocycles. The molecule has 0 fully saturated rings. The van der Waals surface area contributed by atoms with Gasteiger partial charge in [0.15, 0.2) is 0 Å². The lowest BCUT2D eigenvalue weighted by Gasteiger charge is -2.09. The van der Waals surface area contributed by atoms with E-state index in [1.807, 2.05) is 0 Å². The predicted octanol–water partition coefficient (Wildman–Crippen LogP) is 3.63. The standard InChI is InChI=1S/C14H13ClN4O3/c1-22-10-5-3-2-4-9(10)18-19-13-7(14(20)21)6-8(16)11(15)12(13)17/h2-6H,16-17H2,1H3,(H,20,21). The van der Waals surface area contributed by atoms with E-state index in [-0.39, 0.29) is 27.6 Å². The van der Waals surface area contributed by atoms with E-state index in [4.69, 9.17) is 27.8 Å². The quantitative estimate of drug-likeness (QED) is 0.586. The molecule has 2 aromatic carbocycles. The number of halogens is 1. The third kappa shape index (κ3) is 2.94. The Morgan fingerprint density at radius 2 is 1.95 bits per heavy atom. The van der Waals surface area contributed by atoms with Gasteiger partial charge >= 0.3 is 5.97 Å². The van der Waals surface area contributed by atoms with Gasteiger partial charge in [0.05, 0.1) is 29.1 Å². The summed E-state index contributed by atoms with van der Waals surface area (Å²) in [6.07, 6.45) is 0. The summed E-state index contributed by atoms with van der Waals surface area (Å²) < 4.78 is 5.14. The van der Waals surface area contributed by atoms with Gasteiger partial charge in [-0.1, -0.05) is 23.7 Å². The van der Waals surface area contributed by atoms with Crippen LogP contribution in [0.2, 0.25) is 5.02 Å². The number of carboxylic acid groups (broad SMARTS) is 1. The van der Waals surface area contributed by atoms with Crippen LogP contribution in [0.3, 0.4) is 0 Å². The van der Waals surface area contributed by atoms with Gasteiger partial charge in [-0.25, -0.2) is 4.79 Å².